The minimum Gasteiger partial charge on any atom is -0.456 e. The quantitative estimate of drug-likeness (QED) is 0.513. The minimum atomic E-state index is -0.707. The van der Waals surface area contributed by atoms with Gasteiger partial charge in [0.15, 0.2) is 12.4 Å². The van der Waals surface area contributed by atoms with E-state index >= 15 is 0 Å². The molecule has 2 N–H and O–H groups in total. The van der Waals surface area contributed by atoms with Gasteiger partial charge >= 0.3 is 5.97 Å². The molecule has 0 saturated heterocycles. The maximum atomic E-state index is 12.1. The van der Waals surface area contributed by atoms with Crippen LogP contribution < -0.4 is 10.6 Å². The molecule has 146 valence electrons. The predicted octanol–water partition coefficient (Wildman–Crippen LogP) is 2.58. The van der Waals surface area contributed by atoms with Gasteiger partial charge in [0, 0.05) is 23.2 Å². The Morgan fingerprint density at radius 1 is 0.893 bits per heavy atom. The summed E-state index contributed by atoms with van der Waals surface area (Å²) >= 11 is 0. The van der Waals surface area contributed by atoms with Crippen molar-refractivity contribution in [3.05, 3.63) is 65.7 Å². The summed E-state index contributed by atoms with van der Waals surface area (Å²) in [6, 6.07) is 14.8. The molecular formula is C21H22N2O5. The Morgan fingerprint density at radius 3 is 2.21 bits per heavy atom. The highest BCUT2D eigenvalue weighted by molar-refractivity contribution is 5.99. The molecule has 0 bridgehead atoms. The first-order chi connectivity index (χ1) is 13.5. The minimum absolute atomic E-state index is 0.0898. The van der Waals surface area contributed by atoms with Crippen LogP contribution in [0.15, 0.2) is 54.6 Å². The molecule has 0 unspecified atom stereocenters. The number of amides is 2. The van der Waals surface area contributed by atoms with Crippen LogP contribution in [0.3, 0.4) is 0 Å². The van der Waals surface area contributed by atoms with Gasteiger partial charge in [0.2, 0.25) is 5.91 Å². The van der Waals surface area contributed by atoms with Gasteiger partial charge in [-0.3, -0.25) is 19.2 Å². The molecular weight excluding hydrogens is 360 g/mol. The van der Waals surface area contributed by atoms with Crippen LogP contribution in [0, 0.1) is 0 Å². The van der Waals surface area contributed by atoms with Crippen molar-refractivity contribution >= 4 is 29.3 Å². The van der Waals surface area contributed by atoms with Crippen LogP contribution in [-0.4, -0.2) is 36.7 Å². The van der Waals surface area contributed by atoms with Gasteiger partial charge in [0.05, 0.1) is 0 Å². The summed E-state index contributed by atoms with van der Waals surface area (Å²) in [6.45, 7) is 1.15. The highest BCUT2D eigenvalue weighted by atomic mass is 16.5. The summed E-state index contributed by atoms with van der Waals surface area (Å²) in [5.74, 6) is -1.58. The smallest absolute Gasteiger partial charge is 0.325 e. The zero-order valence-electron chi connectivity index (χ0n) is 15.6. The molecule has 0 atom stereocenters. The SMILES string of the molecule is CCCC(=O)Nc1ccc(C(=O)COC(=O)CNC(=O)c2ccccc2)cc1. The van der Waals surface area contributed by atoms with Crippen molar-refractivity contribution in [1.82, 2.24) is 5.32 Å². The normalized spacial score (nSPS) is 10.0. The molecule has 0 aliphatic carbocycles. The van der Waals surface area contributed by atoms with Crippen LogP contribution >= 0.6 is 0 Å². The maximum Gasteiger partial charge on any atom is 0.325 e. The van der Waals surface area contributed by atoms with E-state index in [1.807, 2.05) is 6.92 Å². The van der Waals surface area contributed by atoms with E-state index in [0.29, 0.717) is 23.2 Å². The van der Waals surface area contributed by atoms with Crippen molar-refractivity contribution in [2.24, 2.45) is 0 Å². The molecule has 28 heavy (non-hydrogen) atoms. The van der Waals surface area contributed by atoms with E-state index in [-0.39, 0.29) is 18.2 Å². The Bertz CT molecular complexity index is 832. The highest BCUT2D eigenvalue weighted by Crippen LogP contribution is 2.11. The lowest BCUT2D eigenvalue weighted by Gasteiger charge is -2.07. The summed E-state index contributed by atoms with van der Waals surface area (Å²) in [6.07, 6.45) is 1.18. The van der Waals surface area contributed by atoms with E-state index in [2.05, 4.69) is 10.6 Å². The summed E-state index contributed by atoms with van der Waals surface area (Å²) < 4.78 is 4.90. The third-order valence-corrected chi connectivity index (χ3v) is 3.76. The van der Waals surface area contributed by atoms with Gasteiger partial charge in [0.1, 0.15) is 6.54 Å². The van der Waals surface area contributed by atoms with E-state index in [0.717, 1.165) is 6.42 Å². The molecule has 2 amide bonds. The van der Waals surface area contributed by atoms with Gasteiger partial charge in [-0.05, 0) is 42.8 Å². The van der Waals surface area contributed by atoms with Crippen molar-refractivity contribution < 1.29 is 23.9 Å². The molecule has 7 heteroatoms. The molecule has 7 nitrogen and oxygen atoms in total. The summed E-state index contributed by atoms with van der Waals surface area (Å²) in [4.78, 5) is 47.2. The molecule has 2 aromatic rings. The monoisotopic (exact) mass is 382 g/mol. The second kappa shape index (κ2) is 10.6. The van der Waals surface area contributed by atoms with Crippen LogP contribution in [0.5, 0.6) is 0 Å². The van der Waals surface area contributed by atoms with Crippen LogP contribution in [0.25, 0.3) is 0 Å². The standard InChI is InChI=1S/C21H22N2O5/c1-2-6-19(25)23-17-11-9-15(10-12-17)18(24)14-28-20(26)13-22-21(27)16-7-4-3-5-8-16/h3-5,7-12H,2,6,13-14H2,1H3,(H,22,27)(H,23,25). The third-order valence-electron chi connectivity index (χ3n) is 3.76. The molecule has 0 aliphatic rings. The predicted molar refractivity (Wildman–Crippen MR) is 104 cm³/mol. The number of carbonyl (C=O) groups is 4. The Morgan fingerprint density at radius 2 is 1.57 bits per heavy atom. The fourth-order valence-electron chi connectivity index (χ4n) is 2.31. The van der Waals surface area contributed by atoms with Crippen LogP contribution in [0.1, 0.15) is 40.5 Å². The number of ketones is 1. The number of benzene rings is 2. The van der Waals surface area contributed by atoms with Crippen molar-refractivity contribution in [3.8, 4) is 0 Å². The number of hydrogen-bond acceptors (Lipinski definition) is 5. The lowest BCUT2D eigenvalue weighted by molar-refractivity contribution is -0.141. The molecule has 0 saturated carbocycles. The first-order valence-electron chi connectivity index (χ1n) is 8.91. The van der Waals surface area contributed by atoms with Crippen molar-refractivity contribution in [2.45, 2.75) is 19.8 Å². The second-order valence-electron chi connectivity index (χ2n) is 6.01. The zero-order chi connectivity index (χ0) is 20.4. The van der Waals surface area contributed by atoms with E-state index in [4.69, 9.17) is 4.74 Å². The van der Waals surface area contributed by atoms with Crippen molar-refractivity contribution in [1.29, 1.82) is 0 Å². The lowest BCUT2D eigenvalue weighted by atomic mass is 10.1. The number of hydrogen-bond donors (Lipinski definition) is 2. The van der Waals surface area contributed by atoms with Crippen LogP contribution in [0.4, 0.5) is 5.69 Å². The van der Waals surface area contributed by atoms with E-state index < -0.39 is 18.5 Å². The topological polar surface area (TPSA) is 102 Å². The maximum absolute atomic E-state index is 12.1. The molecule has 0 aliphatic heterocycles. The number of nitrogens with one attached hydrogen (secondary N) is 2. The van der Waals surface area contributed by atoms with Gasteiger partial charge in [-0.1, -0.05) is 25.1 Å². The van der Waals surface area contributed by atoms with E-state index in [1.54, 1.807) is 54.6 Å². The van der Waals surface area contributed by atoms with Crippen LogP contribution in [0.2, 0.25) is 0 Å². The van der Waals surface area contributed by atoms with E-state index in [1.165, 1.54) is 0 Å². The zero-order valence-corrected chi connectivity index (χ0v) is 15.6. The Balaban J connectivity index is 1.76. The van der Waals surface area contributed by atoms with Crippen molar-refractivity contribution in [3.63, 3.8) is 0 Å². The second-order valence-corrected chi connectivity index (χ2v) is 6.01. The molecule has 0 radical (unpaired) electrons. The molecule has 0 fully saturated rings. The highest BCUT2D eigenvalue weighted by Gasteiger charge is 2.12. The summed E-state index contributed by atoms with van der Waals surface area (Å²) in [5.41, 5.74) is 1.38. The lowest BCUT2D eigenvalue weighted by Crippen LogP contribution is -2.31. The largest absolute Gasteiger partial charge is 0.456 e. The number of Topliss-reactive ketones (excluding diaryl/α,β-unsaturated/α-hetero) is 1. The number of anilines is 1. The molecule has 0 spiro atoms. The summed E-state index contributed by atoms with van der Waals surface area (Å²) in [5, 5.41) is 5.16. The first kappa shape index (κ1) is 20.8. The molecule has 2 aromatic carbocycles. The van der Waals surface area contributed by atoms with Crippen LogP contribution in [-0.2, 0) is 14.3 Å². The molecule has 0 heterocycles. The van der Waals surface area contributed by atoms with Gasteiger partial charge in [-0.2, -0.15) is 0 Å². The number of carbonyl (C=O) groups excluding carboxylic acids is 4. The van der Waals surface area contributed by atoms with Gasteiger partial charge in [0.25, 0.3) is 5.91 Å². The fourth-order valence-corrected chi connectivity index (χ4v) is 2.31. The molecule has 0 aromatic heterocycles. The summed E-state index contributed by atoms with van der Waals surface area (Å²) in [7, 11) is 0. The third kappa shape index (κ3) is 6.68. The average molecular weight is 382 g/mol. The van der Waals surface area contributed by atoms with Gasteiger partial charge in [-0.15, -0.1) is 0 Å². The Hall–Kier alpha value is -3.48. The average Bonchev–Trinajstić information content (AvgIpc) is 2.71. The Kier molecular flexibility index (Phi) is 7.90. The fraction of sp³-hybridized carbons (Fsp3) is 0.238. The number of esters is 1. The van der Waals surface area contributed by atoms with Gasteiger partial charge in [-0.25, -0.2) is 0 Å². The Labute approximate surface area is 163 Å². The van der Waals surface area contributed by atoms with E-state index in [9.17, 15) is 19.2 Å². The first-order valence-corrected chi connectivity index (χ1v) is 8.91. The molecule has 2 rings (SSSR count). The number of rotatable bonds is 9. The van der Waals surface area contributed by atoms with Crippen molar-refractivity contribution in [2.75, 3.05) is 18.5 Å². The number of ether oxygens (including phenoxy) is 1. The van der Waals surface area contributed by atoms with Gasteiger partial charge < -0.3 is 15.4 Å².